The van der Waals surface area contributed by atoms with Crippen LogP contribution in [0, 0.1) is 58.2 Å². The van der Waals surface area contributed by atoms with Crippen LogP contribution >= 0.6 is 0 Å². The van der Waals surface area contributed by atoms with Gasteiger partial charge in [-0.15, -0.1) is 0 Å². The van der Waals surface area contributed by atoms with Crippen molar-refractivity contribution >= 4 is 12.6 Å². The Morgan fingerprint density at radius 3 is 1.82 bits per heavy atom. The molecular weight excluding hydrogens is 368 g/mol. The predicted octanol–water partition coefficient (Wildman–Crippen LogP) is -0.932. The van der Waals surface area contributed by atoms with Crippen molar-refractivity contribution in [2.45, 2.75) is 23.8 Å². The van der Waals surface area contributed by atoms with Crippen LogP contribution < -0.4 is 0 Å². The molecule has 0 aromatic rings. The Morgan fingerprint density at radius 1 is 0.714 bits per heavy atom. The lowest BCUT2D eigenvalue weighted by Gasteiger charge is -2.69. The van der Waals surface area contributed by atoms with Crippen LogP contribution in [0.25, 0.3) is 0 Å². The van der Waals surface area contributed by atoms with Crippen LogP contribution in [0.1, 0.15) is 0 Å². The van der Waals surface area contributed by atoms with E-state index in [0.717, 1.165) is 12.6 Å². The molecule has 6 aliphatic carbocycles. The lowest BCUT2D eigenvalue weighted by Crippen LogP contribution is -2.75. The van der Waals surface area contributed by atoms with E-state index >= 15 is 0 Å². The molecule has 2 bridgehead atoms. The molecule has 6 saturated carbocycles. The highest BCUT2D eigenvalue weighted by Gasteiger charge is 3.00. The van der Waals surface area contributed by atoms with Crippen LogP contribution in [0.15, 0.2) is 0 Å². The lowest BCUT2D eigenvalue weighted by atomic mass is 9.33. The van der Waals surface area contributed by atoms with E-state index in [-0.39, 0.29) is 35.5 Å². The van der Waals surface area contributed by atoms with Gasteiger partial charge in [0.15, 0.2) is 11.6 Å². The molecule has 0 heterocycles. The number of aliphatic hydroxyl groups excluding tert-OH is 2. The van der Waals surface area contributed by atoms with Gasteiger partial charge in [-0.3, -0.25) is 0 Å². The summed E-state index contributed by atoms with van der Waals surface area (Å²) in [6.45, 7) is 0. The first-order chi connectivity index (χ1) is 13.4. The number of ether oxygens (including phenoxy) is 4. The van der Waals surface area contributed by atoms with Crippen LogP contribution in [-0.4, -0.2) is 75.0 Å². The number of hydrogen-bond donors (Lipinski definition) is 2. The van der Waals surface area contributed by atoms with Crippen molar-refractivity contribution < 1.29 is 38.7 Å². The summed E-state index contributed by atoms with van der Waals surface area (Å²) in [6.07, 6.45) is -0.770. The number of carbonyl (C=O) groups is 2. The monoisotopic (exact) mass is 394 g/mol. The topological polar surface area (TPSA) is 112 Å². The molecule has 8 heteroatoms. The number of fused-ring (bicyclic) bond motifs is 1. The Kier molecular flexibility index (Phi) is 3.01. The van der Waals surface area contributed by atoms with Crippen molar-refractivity contribution in [1.29, 1.82) is 0 Å². The second kappa shape index (κ2) is 4.71. The molecule has 0 aromatic carbocycles. The van der Waals surface area contributed by atoms with E-state index < -0.39 is 46.4 Å². The molecule has 6 rings (SSSR count). The summed E-state index contributed by atoms with van der Waals surface area (Å²) in [6, 6.07) is 0. The molecule has 2 N–H and O–H groups in total. The summed E-state index contributed by atoms with van der Waals surface area (Å²) in [7, 11) is 6.01. The smallest absolute Gasteiger partial charge is 0.188 e. The molecule has 154 valence electrons. The zero-order valence-corrected chi connectivity index (χ0v) is 16.3. The highest BCUT2D eigenvalue weighted by atomic mass is 16.7. The summed E-state index contributed by atoms with van der Waals surface area (Å²) in [5.74, 6) is -4.58. The Hall–Kier alpha value is -0.900. The number of aliphatic hydroxyl groups is 2. The van der Waals surface area contributed by atoms with Crippen molar-refractivity contribution in [3.8, 4) is 0 Å². The maximum absolute atomic E-state index is 12.7. The van der Waals surface area contributed by atoms with Crippen molar-refractivity contribution in [2.24, 2.45) is 58.2 Å². The molecule has 0 aromatic heterocycles. The number of aldehydes is 2. The number of methoxy groups -OCH3 is 4. The minimum atomic E-state index is -1.46. The normalized spacial score (nSPS) is 62.2. The first kappa shape index (κ1) is 17.9. The maximum atomic E-state index is 12.7. The van der Waals surface area contributed by atoms with Gasteiger partial charge in [0.2, 0.25) is 0 Å². The van der Waals surface area contributed by atoms with E-state index in [2.05, 4.69) is 0 Å². The molecule has 12 atom stereocenters. The van der Waals surface area contributed by atoms with Gasteiger partial charge in [0, 0.05) is 52.1 Å². The molecule has 8 nitrogen and oxygen atoms in total. The first-order valence-electron chi connectivity index (χ1n) is 9.91. The highest BCUT2D eigenvalue weighted by molar-refractivity contribution is 5.74. The minimum absolute atomic E-state index is 0.0590. The van der Waals surface area contributed by atoms with Gasteiger partial charge >= 0.3 is 0 Å². The number of rotatable bonds is 6. The van der Waals surface area contributed by atoms with Crippen LogP contribution in [-0.2, 0) is 28.5 Å². The van der Waals surface area contributed by atoms with E-state index in [1.807, 2.05) is 0 Å². The maximum Gasteiger partial charge on any atom is 0.188 e. The standard InChI is InChI=1S/C20H26O8/c1-25-19(26-2)11-8-7-9-10(8)18(6-22)16(24)13(11)17(5-21,14(7)19)15(23)12(9)20(18,27-3)28-4/h5-16,23-24H,1-4H3/t7?,8?,9?,10?,11?,12?,13?,14?,15-,16?,17-,18?/m1/s1. The summed E-state index contributed by atoms with van der Waals surface area (Å²) in [5.41, 5.74) is -2.60. The van der Waals surface area contributed by atoms with Gasteiger partial charge in [-0.1, -0.05) is 0 Å². The van der Waals surface area contributed by atoms with Crippen LogP contribution in [0.4, 0.5) is 0 Å². The Labute approximate surface area is 162 Å². The van der Waals surface area contributed by atoms with Crippen molar-refractivity contribution in [2.75, 3.05) is 28.4 Å². The molecule has 0 aliphatic heterocycles. The van der Waals surface area contributed by atoms with Gasteiger partial charge in [-0.2, -0.15) is 0 Å². The van der Waals surface area contributed by atoms with E-state index in [4.69, 9.17) is 18.9 Å². The summed E-state index contributed by atoms with van der Waals surface area (Å²) in [5, 5.41) is 23.4. The van der Waals surface area contributed by atoms with Gasteiger partial charge in [0.1, 0.15) is 18.0 Å². The minimum Gasteiger partial charge on any atom is -0.392 e. The predicted molar refractivity (Wildman–Crippen MR) is 90.4 cm³/mol. The third-order valence-electron chi connectivity index (χ3n) is 10.3. The molecule has 6 aliphatic rings. The number of hydrogen-bond acceptors (Lipinski definition) is 8. The molecule has 28 heavy (non-hydrogen) atoms. The Balaban J connectivity index is 1.72. The fraction of sp³-hybridized carbons (Fsp3) is 0.900. The quantitative estimate of drug-likeness (QED) is 0.439. The molecule has 0 radical (unpaired) electrons. The fourth-order valence-electron chi connectivity index (χ4n) is 10.1. The zero-order chi connectivity index (χ0) is 20.0. The molecule has 6 fully saturated rings. The largest absolute Gasteiger partial charge is 0.392 e. The molecular formula is C20H26O8. The SMILES string of the molecule is COC1(OC)C2C3C4C5C6[C@@H](O)[C@](C=O)(C2C(O)C(C=O)(C35)C6(OC)OC)C41. The molecule has 0 amide bonds. The average molecular weight is 394 g/mol. The molecule has 0 saturated heterocycles. The second-order valence-electron chi connectivity index (χ2n) is 9.58. The third kappa shape index (κ3) is 1.12. The van der Waals surface area contributed by atoms with Crippen LogP contribution in [0.5, 0.6) is 0 Å². The van der Waals surface area contributed by atoms with Crippen molar-refractivity contribution in [3.05, 3.63) is 0 Å². The van der Waals surface area contributed by atoms with Crippen LogP contribution in [0.3, 0.4) is 0 Å². The van der Waals surface area contributed by atoms with E-state index in [1.165, 1.54) is 14.2 Å². The summed E-state index contributed by atoms with van der Waals surface area (Å²) in [4.78, 5) is 25.4. The Bertz CT molecular complexity index is 776. The number of carbonyl (C=O) groups excluding carboxylic acids is 2. The summed E-state index contributed by atoms with van der Waals surface area (Å²) >= 11 is 0. The van der Waals surface area contributed by atoms with Gasteiger partial charge in [0.25, 0.3) is 0 Å². The highest BCUT2D eigenvalue weighted by Crippen LogP contribution is 2.92. The molecule has 10 unspecified atom stereocenters. The fourth-order valence-corrected chi connectivity index (χ4v) is 10.1. The first-order valence-corrected chi connectivity index (χ1v) is 9.91. The van der Waals surface area contributed by atoms with Gasteiger partial charge < -0.3 is 38.7 Å². The summed E-state index contributed by atoms with van der Waals surface area (Å²) < 4.78 is 23.5. The Morgan fingerprint density at radius 2 is 1.32 bits per heavy atom. The third-order valence-corrected chi connectivity index (χ3v) is 10.3. The molecule has 0 spiro atoms. The van der Waals surface area contributed by atoms with E-state index in [9.17, 15) is 19.8 Å². The lowest BCUT2D eigenvalue weighted by molar-refractivity contribution is -0.317. The van der Waals surface area contributed by atoms with E-state index in [1.54, 1.807) is 14.2 Å². The van der Waals surface area contributed by atoms with Gasteiger partial charge in [-0.25, -0.2) is 0 Å². The second-order valence-corrected chi connectivity index (χ2v) is 9.58. The van der Waals surface area contributed by atoms with Crippen LogP contribution in [0.2, 0.25) is 0 Å². The average Bonchev–Trinajstić information content (AvgIpc) is 3.22. The van der Waals surface area contributed by atoms with Crippen molar-refractivity contribution in [3.63, 3.8) is 0 Å². The van der Waals surface area contributed by atoms with Gasteiger partial charge in [-0.05, 0) is 23.7 Å². The van der Waals surface area contributed by atoms with Crippen molar-refractivity contribution in [1.82, 2.24) is 0 Å². The van der Waals surface area contributed by atoms with E-state index in [0.29, 0.717) is 0 Å². The zero-order valence-electron chi connectivity index (χ0n) is 16.3. The van der Waals surface area contributed by atoms with Gasteiger partial charge in [0.05, 0.1) is 17.6 Å².